The van der Waals surface area contributed by atoms with E-state index in [0.717, 1.165) is 25.8 Å². The van der Waals surface area contributed by atoms with Crippen LogP contribution in [0.2, 0.25) is 0 Å². The Labute approximate surface area is 113 Å². The van der Waals surface area contributed by atoms with E-state index in [9.17, 15) is 4.79 Å². The van der Waals surface area contributed by atoms with Crippen molar-refractivity contribution in [2.75, 3.05) is 6.54 Å². The first kappa shape index (κ1) is 13.6. The maximum atomic E-state index is 11.9. The summed E-state index contributed by atoms with van der Waals surface area (Å²) >= 11 is 1.73. The predicted molar refractivity (Wildman–Crippen MR) is 75.7 cm³/mol. The number of rotatable bonds is 5. The highest BCUT2D eigenvalue weighted by atomic mass is 32.1. The van der Waals surface area contributed by atoms with Crippen LogP contribution >= 0.6 is 11.3 Å². The van der Waals surface area contributed by atoms with Gasteiger partial charge >= 0.3 is 0 Å². The van der Waals surface area contributed by atoms with E-state index in [0.29, 0.717) is 6.42 Å². The van der Waals surface area contributed by atoms with E-state index in [1.54, 1.807) is 11.3 Å². The van der Waals surface area contributed by atoms with E-state index in [1.165, 1.54) is 24.1 Å². The van der Waals surface area contributed by atoms with Crippen molar-refractivity contribution in [3.05, 3.63) is 22.4 Å². The molecule has 1 aromatic rings. The lowest BCUT2D eigenvalue weighted by Crippen LogP contribution is -2.46. The summed E-state index contributed by atoms with van der Waals surface area (Å²) in [6, 6.07) is 4.14. The van der Waals surface area contributed by atoms with E-state index < -0.39 is 0 Å². The van der Waals surface area contributed by atoms with Crippen LogP contribution in [0, 0.1) is 0 Å². The van der Waals surface area contributed by atoms with Crippen molar-refractivity contribution in [2.24, 2.45) is 5.73 Å². The summed E-state index contributed by atoms with van der Waals surface area (Å²) in [7, 11) is 0. The number of carbonyl (C=O) groups excluding carboxylic acids is 1. The molecule has 0 aromatic carbocycles. The normalized spacial score (nSPS) is 18.5. The first-order valence-corrected chi connectivity index (χ1v) is 7.64. The minimum atomic E-state index is -0.245. The maximum Gasteiger partial charge on any atom is 0.221 e. The molecule has 4 heteroatoms. The van der Waals surface area contributed by atoms with Gasteiger partial charge in [-0.05, 0) is 30.7 Å². The monoisotopic (exact) mass is 266 g/mol. The largest absolute Gasteiger partial charge is 0.356 e. The fraction of sp³-hybridized carbons (Fsp3) is 0.643. The Balaban J connectivity index is 1.68. The molecule has 0 bridgehead atoms. The van der Waals surface area contributed by atoms with Crippen molar-refractivity contribution in [1.29, 1.82) is 0 Å². The van der Waals surface area contributed by atoms with Gasteiger partial charge < -0.3 is 11.1 Å². The standard InChI is InChI=1S/C14H22N2OS/c15-14(7-2-1-3-8-14)11-13(17)16-9-6-12-5-4-10-18-12/h4-5,10H,1-3,6-9,11,15H2,(H,16,17). The fourth-order valence-corrected chi connectivity index (χ4v) is 3.30. The first-order valence-electron chi connectivity index (χ1n) is 6.76. The van der Waals surface area contributed by atoms with Crippen molar-refractivity contribution < 1.29 is 4.79 Å². The van der Waals surface area contributed by atoms with Crippen LogP contribution in [0.4, 0.5) is 0 Å². The van der Waals surface area contributed by atoms with Crippen LogP contribution in [0.25, 0.3) is 0 Å². The van der Waals surface area contributed by atoms with Crippen LogP contribution in [0.1, 0.15) is 43.4 Å². The van der Waals surface area contributed by atoms with Crippen molar-refractivity contribution in [3.63, 3.8) is 0 Å². The molecular weight excluding hydrogens is 244 g/mol. The highest BCUT2D eigenvalue weighted by Crippen LogP contribution is 2.28. The third kappa shape index (κ3) is 4.10. The molecule has 1 aromatic heterocycles. The molecule has 0 radical (unpaired) electrons. The van der Waals surface area contributed by atoms with Gasteiger partial charge in [0.15, 0.2) is 0 Å². The molecule has 3 N–H and O–H groups in total. The number of thiophene rings is 1. The Morgan fingerprint density at radius 1 is 1.39 bits per heavy atom. The molecule has 0 spiro atoms. The molecule has 1 amide bonds. The summed E-state index contributed by atoms with van der Waals surface area (Å²) in [5.41, 5.74) is 6.02. The van der Waals surface area contributed by atoms with Gasteiger partial charge in [-0.25, -0.2) is 0 Å². The summed E-state index contributed by atoms with van der Waals surface area (Å²) < 4.78 is 0. The maximum absolute atomic E-state index is 11.9. The van der Waals surface area contributed by atoms with E-state index in [1.807, 2.05) is 6.07 Å². The average Bonchev–Trinajstić information content (AvgIpc) is 2.82. The molecule has 0 saturated heterocycles. The molecule has 18 heavy (non-hydrogen) atoms. The zero-order valence-corrected chi connectivity index (χ0v) is 11.6. The average molecular weight is 266 g/mol. The third-order valence-electron chi connectivity index (χ3n) is 3.64. The topological polar surface area (TPSA) is 55.1 Å². The molecule has 100 valence electrons. The minimum Gasteiger partial charge on any atom is -0.356 e. The van der Waals surface area contributed by atoms with Crippen LogP contribution < -0.4 is 11.1 Å². The molecule has 1 aliphatic rings. The second-order valence-electron chi connectivity index (χ2n) is 5.28. The summed E-state index contributed by atoms with van der Waals surface area (Å²) in [5.74, 6) is 0.107. The molecule has 0 atom stereocenters. The SMILES string of the molecule is NC1(CC(=O)NCCc2cccs2)CCCCC1. The molecular formula is C14H22N2OS. The number of hydrogen-bond acceptors (Lipinski definition) is 3. The van der Waals surface area contributed by atoms with E-state index in [4.69, 9.17) is 5.73 Å². The molecule has 0 unspecified atom stereocenters. The molecule has 1 saturated carbocycles. The first-order chi connectivity index (χ1) is 8.68. The summed E-state index contributed by atoms with van der Waals surface area (Å²) in [6.07, 6.45) is 6.98. The van der Waals surface area contributed by atoms with Gasteiger partial charge in [-0.15, -0.1) is 11.3 Å². The van der Waals surface area contributed by atoms with Gasteiger partial charge in [-0.3, -0.25) is 4.79 Å². The zero-order valence-electron chi connectivity index (χ0n) is 10.8. The van der Waals surface area contributed by atoms with Gasteiger partial charge in [0, 0.05) is 23.4 Å². The lowest BCUT2D eigenvalue weighted by molar-refractivity contribution is -0.122. The lowest BCUT2D eigenvalue weighted by Gasteiger charge is -2.32. The third-order valence-corrected chi connectivity index (χ3v) is 4.57. The number of carbonyl (C=O) groups is 1. The van der Waals surface area contributed by atoms with Crippen molar-refractivity contribution >= 4 is 17.2 Å². The summed E-state index contributed by atoms with van der Waals surface area (Å²) in [4.78, 5) is 13.2. The molecule has 0 aliphatic heterocycles. The smallest absolute Gasteiger partial charge is 0.221 e. The Kier molecular flexibility index (Phi) is 4.78. The molecule has 3 nitrogen and oxygen atoms in total. The highest BCUT2D eigenvalue weighted by molar-refractivity contribution is 7.09. The van der Waals surface area contributed by atoms with E-state index in [-0.39, 0.29) is 11.4 Å². The Bertz CT molecular complexity index is 369. The van der Waals surface area contributed by atoms with Crippen LogP contribution in [0.3, 0.4) is 0 Å². The van der Waals surface area contributed by atoms with Crippen molar-refractivity contribution in [2.45, 2.75) is 50.5 Å². The van der Waals surface area contributed by atoms with E-state index >= 15 is 0 Å². The minimum absolute atomic E-state index is 0.107. The summed E-state index contributed by atoms with van der Waals surface area (Å²) in [6.45, 7) is 0.718. The Morgan fingerprint density at radius 2 is 2.17 bits per heavy atom. The van der Waals surface area contributed by atoms with Crippen molar-refractivity contribution in [1.82, 2.24) is 5.32 Å². The molecule has 2 rings (SSSR count). The van der Waals surface area contributed by atoms with Gasteiger partial charge in [-0.1, -0.05) is 25.3 Å². The van der Waals surface area contributed by atoms with Crippen LogP contribution in [-0.4, -0.2) is 18.0 Å². The molecule has 1 aliphatic carbocycles. The van der Waals surface area contributed by atoms with Crippen molar-refractivity contribution in [3.8, 4) is 0 Å². The Hall–Kier alpha value is -0.870. The fourth-order valence-electron chi connectivity index (χ4n) is 2.59. The van der Waals surface area contributed by atoms with Gasteiger partial charge in [0.05, 0.1) is 0 Å². The van der Waals surface area contributed by atoms with E-state index in [2.05, 4.69) is 16.8 Å². The van der Waals surface area contributed by atoms with Gasteiger partial charge in [0.1, 0.15) is 0 Å². The second kappa shape index (κ2) is 6.34. The second-order valence-corrected chi connectivity index (χ2v) is 6.31. The number of nitrogens with one attached hydrogen (secondary N) is 1. The Morgan fingerprint density at radius 3 is 2.83 bits per heavy atom. The predicted octanol–water partition coefficient (Wildman–Crippen LogP) is 2.46. The number of amides is 1. The molecule has 1 heterocycles. The highest BCUT2D eigenvalue weighted by Gasteiger charge is 2.29. The quantitative estimate of drug-likeness (QED) is 0.860. The summed E-state index contributed by atoms with van der Waals surface area (Å²) in [5, 5.41) is 5.04. The lowest BCUT2D eigenvalue weighted by atomic mass is 9.80. The number of hydrogen-bond donors (Lipinski definition) is 2. The van der Waals surface area contributed by atoms with Crippen LogP contribution in [0.5, 0.6) is 0 Å². The van der Waals surface area contributed by atoms with Gasteiger partial charge in [0.25, 0.3) is 0 Å². The molecule has 1 fully saturated rings. The van der Waals surface area contributed by atoms with Gasteiger partial charge in [-0.2, -0.15) is 0 Å². The van der Waals surface area contributed by atoms with Gasteiger partial charge in [0.2, 0.25) is 5.91 Å². The van der Waals surface area contributed by atoms with Crippen LogP contribution in [-0.2, 0) is 11.2 Å². The zero-order chi connectivity index (χ0) is 12.8. The number of nitrogens with two attached hydrogens (primary N) is 1. The van der Waals surface area contributed by atoms with Crippen LogP contribution in [0.15, 0.2) is 17.5 Å².